The van der Waals surface area contributed by atoms with Crippen molar-refractivity contribution in [2.75, 3.05) is 19.8 Å². The molecule has 0 aliphatic heterocycles. The Morgan fingerprint density at radius 2 is 2.15 bits per heavy atom. The molecule has 1 aliphatic rings. The molecule has 0 aromatic rings. The number of ether oxygens (including phenoxy) is 1. The quantitative estimate of drug-likeness (QED) is 0.585. The largest absolute Gasteiger partial charge is 0.381 e. The predicted molar refractivity (Wildman–Crippen MR) is 55.9 cm³/mol. The first-order chi connectivity index (χ1) is 6.33. The fourth-order valence-electron chi connectivity index (χ4n) is 1.47. The summed E-state index contributed by atoms with van der Waals surface area (Å²) in [4.78, 5) is 0. The smallest absolute Gasteiger partial charge is 0.0480 e. The molecule has 0 aromatic carbocycles. The minimum absolute atomic E-state index is 0.603. The van der Waals surface area contributed by atoms with Crippen LogP contribution in [-0.2, 0) is 4.74 Å². The monoisotopic (exact) mass is 185 g/mol. The summed E-state index contributed by atoms with van der Waals surface area (Å²) in [6, 6.07) is 0.603. The zero-order valence-corrected chi connectivity index (χ0v) is 9.01. The third kappa shape index (κ3) is 6.05. The minimum Gasteiger partial charge on any atom is -0.381 e. The molecule has 0 radical (unpaired) electrons. The van der Waals surface area contributed by atoms with Crippen molar-refractivity contribution in [2.24, 2.45) is 5.92 Å². The van der Waals surface area contributed by atoms with Gasteiger partial charge in [-0.25, -0.2) is 0 Å². The van der Waals surface area contributed by atoms with Crippen LogP contribution in [0.2, 0.25) is 0 Å². The average Bonchev–Trinajstić information content (AvgIpc) is 2.88. The second-order valence-corrected chi connectivity index (χ2v) is 4.09. The van der Waals surface area contributed by atoms with Gasteiger partial charge in [-0.05, 0) is 32.2 Å². The van der Waals surface area contributed by atoms with Gasteiger partial charge in [0.15, 0.2) is 0 Å². The van der Waals surface area contributed by atoms with E-state index in [-0.39, 0.29) is 0 Å². The molecule has 1 N–H and O–H groups in total. The van der Waals surface area contributed by atoms with Crippen molar-refractivity contribution < 1.29 is 4.74 Å². The molecule has 1 unspecified atom stereocenters. The van der Waals surface area contributed by atoms with E-state index in [2.05, 4.69) is 19.2 Å². The molecular formula is C11H23NO. The standard InChI is InChI=1S/C11H23NO/c1-3-12-10(2)6-8-13-9-7-11-4-5-11/h10-12H,3-9H2,1-2H3. The molecule has 13 heavy (non-hydrogen) atoms. The lowest BCUT2D eigenvalue weighted by molar-refractivity contribution is 0.120. The van der Waals surface area contributed by atoms with Gasteiger partial charge >= 0.3 is 0 Å². The summed E-state index contributed by atoms with van der Waals surface area (Å²) < 4.78 is 5.56. The first-order valence-electron chi connectivity index (χ1n) is 5.64. The van der Waals surface area contributed by atoms with Gasteiger partial charge in [0.05, 0.1) is 0 Å². The normalized spacial score (nSPS) is 18.9. The topological polar surface area (TPSA) is 21.3 Å². The van der Waals surface area contributed by atoms with E-state index >= 15 is 0 Å². The Morgan fingerprint density at radius 3 is 2.77 bits per heavy atom. The Morgan fingerprint density at radius 1 is 1.38 bits per heavy atom. The van der Waals surface area contributed by atoms with Gasteiger partial charge in [-0.1, -0.05) is 19.8 Å². The Labute approximate surface area is 82.0 Å². The van der Waals surface area contributed by atoms with E-state index in [1.54, 1.807) is 0 Å². The highest BCUT2D eigenvalue weighted by Gasteiger charge is 2.20. The maximum Gasteiger partial charge on any atom is 0.0480 e. The Kier molecular flexibility index (Phi) is 5.40. The van der Waals surface area contributed by atoms with Crippen molar-refractivity contribution in [1.29, 1.82) is 0 Å². The highest BCUT2D eigenvalue weighted by Crippen LogP contribution is 2.32. The first kappa shape index (κ1) is 11.0. The fraction of sp³-hybridized carbons (Fsp3) is 1.00. The van der Waals surface area contributed by atoms with Crippen LogP contribution in [0.25, 0.3) is 0 Å². The Bertz CT molecular complexity index is 123. The van der Waals surface area contributed by atoms with Gasteiger partial charge in [-0.15, -0.1) is 0 Å². The number of hydrogen-bond acceptors (Lipinski definition) is 2. The lowest BCUT2D eigenvalue weighted by Crippen LogP contribution is -2.26. The molecule has 2 nitrogen and oxygen atoms in total. The summed E-state index contributed by atoms with van der Waals surface area (Å²) in [5.41, 5.74) is 0. The fourth-order valence-corrected chi connectivity index (χ4v) is 1.47. The van der Waals surface area contributed by atoms with E-state index in [9.17, 15) is 0 Å². The summed E-state index contributed by atoms with van der Waals surface area (Å²) in [5.74, 6) is 1.01. The van der Waals surface area contributed by atoms with E-state index in [0.29, 0.717) is 6.04 Å². The summed E-state index contributed by atoms with van der Waals surface area (Å²) in [5, 5.41) is 3.38. The lowest BCUT2D eigenvalue weighted by Gasteiger charge is -2.11. The third-order valence-corrected chi connectivity index (χ3v) is 2.62. The molecule has 1 fully saturated rings. The van der Waals surface area contributed by atoms with Gasteiger partial charge in [0.25, 0.3) is 0 Å². The van der Waals surface area contributed by atoms with Crippen LogP contribution < -0.4 is 5.32 Å². The van der Waals surface area contributed by atoms with Crippen molar-refractivity contribution in [3.8, 4) is 0 Å². The van der Waals surface area contributed by atoms with E-state index in [0.717, 1.165) is 32.1 Å². The lowest BCUT2D eigenvalue weighted by atomic mass is 10.2. The van der Waals surface area contributed by atoms with Crippen LogP contribution in [0, 0.1) is 5.92 Å². The summed E-state index contributed by atoms with van der Waals surface area (Å²) in [7, 11) is 0. The molecular weight excluding hydrogens is 162 g/mol. The van der Waals surface area contributed by atoms with Crippen molar-refractivity contribution >= 4 is 0 Å². The van der Waals surface area contributed by atoms with Crippen LogP contribution in [0.5, 0.6) is 0 Å². The van der Waals surface area contributed by atoms with Crippen molar-refractivity contribution in [1.82, 2.24) is 5.32 Å². The second kappa shape index (κ2) is 6.39. The Hall–Kier alpha value is -0.0800. The predicted octanol–water partition coefficient (Wildman–Crippen LogP) is 2.19. The number of nitrogens with one attached hydrogen (secondary N) is 1. The molecule has 2 heteroatoms. The zero-order valence-electron chi connectivity index (χ0n) is 9.01. The molecule has 0 spiro atoms. The van der Waals surface area contributed by atoms with Crippen LogP contribution in [0.1, 0.15) is 39.5 Å². The average molecular weight is 185 g/mol. The summed E-state index contributed by atoms with van der Waals surface area (Å²) in [6.45, 7) is 7.31. The summed E-state index contributed by atoms with van der Waals surface area (Å²) in [6.07, 6.45) is 5.31. The zero-order chi connectivity index (χ0) is 9.52. The van der Waals surface area contributed by atoms with Crippen molar-refractivity contribution in [2.45, 2.75) is 45.6 Å². The molecule has 1 rings (SSSR count). The van der Waals surface area contributed by atoms with Crippen molar-refractivity contribution in [3.05, 3.63) is 0 Å². The molecule has 1 saturated carbocycles. The van der Waals surface area contributed by atoms with Crippen LogP contribution in [0.4, 0.5) is 0 Å². The second-order valence-electron chi connectivity index (χ2n) is 4.09. The van der Waals surface area contributed by atoms with Crippen molar-refractivity contribution in [3.63, 3.8) is 0 Å². The van der Waals surface area contributed by atoms with Crippen LogP contribution >= 0.6 is 0 Å². The molecule has 1 atom stereocenters. The molecule has 0 saturated heterocycles. The molecule has 78 valence electrons. The minimum atomic E-state index is 0.603. The van der Waals surface area contributed by atoms with E-state index in [1.807, 2.05) is 0 Å². The van der Waals surface area contributed by atoms with Crippen LogP contribution in [-0.4, -0.2) is 25.8 Å². The third-order valence-electron chi connectivity index (χ3n) is 2.62. The van der Waals surface area contributed by atoms with Gasteiger partial charge in [-0.2, -0.15) is 0 Å². The number of rotatable bonds is 8. The SMILES string of the molecule is CCNC(C)CCOCCC1CC1. The Balaban J connectivity index is 1.76. The van der Waals surface area contributed by atoms with E-state index in [4.69, 9.17) is 4.74 Å². The van der Waals surface area contributed by atoms with Gasteiger partial charge < -0.3 is 10.1 Å². The molecule has 0 amide bonds. The van der Waals surface area contributed by atoms with Gasteiger partial charge in [-0.3, -0.25) is 0 Å². The van der Waals surface area contributed by atoms with Crippen LogP contribution in [0.15, 0.2) is 0 Å². The molecule has 0 aromatic heterocycles. The van der Waals surface area contributed by atoms with Gasteiger partial charge in [0.1, 0.15) is 0 Å². The molecule has 0 heterocycles. The number of hydrogen-bond donors (Lipinski definition) is 1. The maximum absolute atomic E-state index is 5.56. The summed E-state index contributed by atoms with van der Waals surface area (Å²) >= 11 is 0. The van der Waals surface area contributed by atoms with Gasteiger partial charge in [0.2, 0.25) is 0 Å². The van der Waals surface area contributed by atoms with E-state index < -0.39 is 0 Å². The van der Waals surface area contributed by atoms with E-state index in [1.165, 1.54) is 19.3 Å². The highest BCUT2D eigenvalue weighted by atomic mass is 16.5. The highest BCUT2D eigenvalue weighted by molar-refractivity contribution is 4.72. The first-order valence-corrected chi connectivity index (χ1v) is 5.64. The van der Waals surface area contributed by atoms with Crippen LogP contribution in [0.3, 0.4) is 0 Å². The molecule has 0 bridgehead atoms. The maximum atomic E-state index is 5.56. The molecule has 1 aliphatic carbocycles. The van der Waals surface area contributed by atoms with Gasteiger partial charge in [0, 0.05) is 19.3 Å².